The Hall–Kier alpha value is -9.50. The van der Waals surface area contributed by atoms with Crippen molar-refractivity contribution in [3.63, 3.8) is 0 Å². The second-order valence-electron chi connectivity index (χ2n) is 23.0. The molecule has 0 radical (unpaired) electrons. The summed E-state index contributed by atoms with van der Waals surface area (Å²) in [6.45, 7) is 9.62. The molecule has 0 saturated carbocycles. The smallest absolute Gasteiger partial charge is 0.136 e. The van der Waals surface area contributed by atoms with Crippen molar-refractivity contribution in [2.45, 2.75) is 43.9 Å². The summed E-state index contributed by atoms with van der Waals surface area (Å²) in [5, 5.41) is 4.81. The van der Waals surface area contributed by atoms with Crippen molar-refractivity contribution >= 4 is 49.8 Å². The lowest BCUT2D eigenvalue weighted by atomic mass is 9.67. The molecule has 0 bridgehead atoms. The monoisotopic (exact) mass is 1010 g/mol. The first-order valence-electron chi connectivity index (χ1n) is 27.8. The van der Waals surface area contributed by atoms with Gasteiger partial charge in [-0.15, -0.1) is 0 Å². The van der Waals surface area contributed by atoms with Gasteiger partial charge in [-0.05, 0) is 136 Å². The second kappa shape index (κ2) is 16.8. The number of anilines is 3. The number of hydrogen-bond acceptors (Lipinski definition) is 2. The first kappa shape index (κ1) is 45.7. The zero-order chi connectivity index (χ0) is 52.8. The predicted molar refractivity (Wildman–Crippen MR) is 329 cm³/mol. The van der Waals surface area contributed by atoms with Gasteiger partial charge in [-0.1, -0.05) is 252 Å². The number of rotatable bonds is 7. The number of fused-ring (bicyclic) bond motifs is 14. The van der Waals surface area contributed by atoms with Gasteiger partial charge in [0.1, 0.15) is 11.2 Å². The Labute approximate surface area is 461 Å². The second-order valence-corrected chi connectivity index (χ2v) is 23.0. The van der Waals surface area contributed by atoms with Crippen LogP contribution in [0.3, 0.4) is 0 Å². The Balaban J connectivity index is 1.03. The summed E-state index contributed by atoms with van der Waals surface area (Å²) >= 11 is 0. The minimum atomic E-state index is -0.596. The fourth-order valence-corrected chi connectivity index (χ4v) is 15.0. The molecule has 0 atom stereocenters. The van der Waals surface area contributed by atoms with Gasteiger partial charge in [-0.2, -0.15) is 0 Å². The van der Waals surface area contributed by atoms with E-state index in [0.29, 0.717) is 0 Å². The van der Waals surface area contributed by atoms with Gasteiger partial charge >= 0.3 is 0 Å². The Kier molecular flexibility index (Phi) is 9.68. The zero-order valence-electron chi connectivity index (χ0n) is 44.7. The molecule has 1 heterocycles. The molecule has 1 aromatic heterocycles. The van der Waals surface area contributed by atoms with E-state index in [-0.39, 0.29) is 10.8 Å². The van der Waals surface area contributed by atoms with E-state index in [1.807, 2.05) is 0 Å². The van der Waals surface area contributed by atoms with Gasteiger partial charge in [0, 0.05) is 38.4 Å². The third-order valence-electron chi connectivity index (χ3n) is 18.3. The SMILES string of the molecule is CC1(C)c2ccccc2-c2c1ccc(-c1ccccc1N(c1ccc3c(c1)C(c1ccccc1)(c1ccccc1)c1ccccc1-3)c1cccc3c1-c1ccc4ccccc4c1C3(C)C)c2-c1cccc2oc3ccccc3c12. The fourth-order valence-electron chi connectivity index (χ4n) is 15.0. The van der Waals surface area contributed by atoms with Gasteiger partial charge in [0.25, 0.3) is 0 Å². The van der Waals surface area contributed by atoms with Gasteiger partial charge in [0.15, 0.2) is 0 Å². The molecule has 0 N–H and O–H groups in total. The minimum Gasteiger partial charge on any atom is -0.456 e. The van der Waals surface area contributed by atoms with Gasteiger partial charge < -0.3 is 9.32 Å². The molecule has 0 spiro atoms. The molecule has 0 aliphatic heterocycles. The highest BCUT2D eigenvalue weighted by Gasteiger charge is 2.47. The lowest BCUT2D eigenvalue weighted by molar-refractivity contribution is 0.660. The molecule has 13 aromatic rings. The molecule has 2 heteroatoms. The third kappa shape index (κ3) is 6.23. The van der Waals surface area contributed by atoms with Crippen LogP contribution in [0.1, 0.15) is 72.2 Å². The topological polar surface area (TPSA) is 16.4 Å². The van der Waals surface area contributed by atoms with E-state index in [1.54, 1.807) is 0 Å². The Morgan fingerprint density at radius 2 is 0.873 bits per heavy atom. The average Bonchev–Trinajstić information content (AvgIpc) is 4.27. The molecule has 0 unspecified atom stereocenters. The number of benzene rings is 12. The summed E-state index contributed by atoms with van der Waals surface area (Å²) in [5.41, 5.74) is 26.7. The van der Waals surface area contributed by atoms with Crippen molar-refractivity contribution < 1.29 is 4.42 Å². The van der Waals surface area contributed by atoms with E-state index >= 15 is 0 Å². The standard InChI is InChI=1S/C77H55NO/c1-75(2)61-34-17-14-31-57(61)73-64(75)46-45-56(71(73)59-33-21-40-69-70(59)58-32-16-20-39-68(58)79-69)55-30-15-19-37-66(55)78(67-38-22-36-63-72(67)60-43-41-48-23-11-12-28-52(48)74(60)76(63,3)4)51-42-44-54-53-29-13-18-35-62(53)77(65(54)47-51,49-24-7-5-8-25-49)50-26-9-6-10-27-50/h5-47H,1-4H3. The van der Waals surface area contributed by atoms with Crippen LogP contribution in [0.15, 0.2) is 265 Å². The first-order valence-corrected chi connectivity index (χ1v) is 27.8. The minimum absolute atomic E-state index is 0.224. The summed E-state index contributed by atoms with van der Waals surface area (Å²) in [5.74, 6) is 0. The molecule has 3 aliphatic rings. The first-order chi connectivity index (χ1) is 38.7. The van der Waals surface area contributed by atoms with Crippen LogP contribution in [0.4, 0.5) is 17.1 Å². The van der Waals surface area contributed by atoms with Crippen LogP contribution in [-0.4, -0.2) is 0 Å². The lowest BCUT2D eigenvalue weighted by Crippen LogP contribution is -2.28. The maximum Gasteiger partial charge on any atom is 0.136 e. The molecular weight excluding hydrogens is 955 g/mol. The van der Waals surface area contributed by atoms with E-state index in [4.69, 9.17) is 4.42 Å². The quantitative estimate of drug-likeness (QED) is 0.158. The van der Waals surface area contributed by atoms with E-state index < -0.39 is 5.41 Å². The molecule has 0 fully saturated rings. The van der Waals surface area contributed by atoms with E-state index in [2.05, 4.69) is 293 Å². The third-order valence-corrected chi connectivity index (χ3v) is 18.3. The summed E-state index contributed by atoms with van der Waals surface area (Å²) in [4.78, 5) is 2.61. The van der Waals surface area contributed by atoms with Crippen molar-refractivity contribution in [1.82, 2.24) is 0 Å². The van der Waals surface area contributed by atoms with Crippen LogP contribution in [0.2, 0.25) is 0 Å². The van der Waals surface area contributed by atoms with Crippen molar-refractivity contribution in [3.05, 3.63) is 305 Å². The van der Waals surface area contributed by atoms with Crippen LogP contribution in [0.25, 0.3) is 88.3 Å². The summed E-state index contributed by atoms with van der Waals surface area (Å²) in [6.07, 6.45) is 0. The van der Waals surface area contributed by atoms with Crippen LogP contribution in [0, 0.1) is 0 Å². The Bertz CT molecular complexity index is 4630. The lowest BCUT2D eigenvalue weighted by Gasteiger charge is -2.35. The summed E-state index contributed by atoms with van der Waals surface area (Å²) in [7, 11) is 0. The number of furan rings is 1. The zero-order valence-corrected chi connectivity index (χ0v) is 44.7. The molecule has 374 valence electrons. The molecule has 3 aliphatic carbocycles. The van der Waals surface area contributed by atoms with Crippen molar-refractivity contribution in [2.24, 2.45) is 0 Å². The molecule has 16 rings (SSSR count). The van der Waals surface area contributed by atoms with E-state index in [1.165, 1.54) is 99.8 Å². The normalized spacial score (nSPS) is 14.6. The molecule has 79 heavy (non-hydrogen) atoms. The molecule has 2 nitrogen and oxygen atoms in total. The highest BCUT2D eigenvalue weighted by molar-refractivity contribution is 6.17. The van der Waals surface area contributed by atoms with Gasteiger partial charge in [0.05, 0.1) is 16.8 Å². The number of para-hydroxylation sites is 2. The highest BCUT2D eigenvalue weighted by Crippen LogP contribution is 2.62. The number of hydrogen-bond donors (Lipinski definition) is 0. The van der Waals surface area contributed by atoms with Crippen LogP contribution in [-0.2, 0) is 16.2 Å². The predicted octanol–water partition coefficient (Wildman–Crippen LogP) is 20.5. The number of nitrogens with zero attached hydrogens (tertiary/aromatic N) is 1. The highest BCUT2D eigenvalue weighted by atomic mass is 16.3. The van der Waals surface area contributed by atoms with Gasteiger partial charge in [-0.3, -0.25) is 0 Å². The molecular formula is C77H55NO. The summed E-state index contributed by atoms with van der Waals surface area (Å²) in [6, 6.07) is 97.8. The van der Waals surface area contributed by atoms with Gasteiger partial charge in [-0.25, -0.2) is 0 Å². The average molecular weight is 1010 g/mol. The molecule has 0 saturated heterocycles. The fraction of sp³-hybridized carbons (Fsp3) is 0.0909. The Morgan fingerprint density at radius 1 is 0.316 bits per heavy atom. The van der Waals surface area contributed by atoms with E-state index in [9.17, 15) is 0 Å². The summed E-state index contributed by atoms with van der Waals surface area (Å²) < 4.78 is 6.71. The Morgan fingerprint density at radius 3 is 1.67 bits per heavy atom. The van der Waals surface area contributed by atoms with Crippen molar-refractivity contribution in [3.8, 4) is 55.6 Å². The van der Waals surface area contributed by atoms with E-state index in [0.717, 1.165) is 50.1 Å². The maximum absolute atomic E-state index is 6.71. The van der Waals surface area contributed by atoms with Crippen LogP contribution >= 0.6 is 0 Å². The van der Waals surface area contributed by atoms with Crippen LogP contribution < -0.4 is 4.90 Å². The molecule has 12 aromatic carbocycles. The van der Waals surface area contributed by atoms with Crippen molar-refractivity contribution in [2.75, 3.05) is 4.90 Å². The maximum atomic E-state index is 6.71. The van der Waals surface area contributed by atoms with Crippen LogP contribution in [0.5, 0.6) is 0 Å². The van der Waals surface area contributed by atoms with Gasteiger partial charge in [0.2, 0.25) is 0 Å². The molecule has 0 amide bonds. The largest absolute Gasteiger partial charge is 0.456 e. The van der Waals surface area contributed by atoms with Crippen molar-refractivity contribution in [1.29, 1.82) is 0 Å².